The van der Waals surface area contributed by atoms with Crippen LogP contribution in [0.4, 0.5) is 11.4 Å². The minimum atomic E-state index is 0.884. The number of nitrogen functional groups attached to an aromatic ring is 2. The van der Waals surface area contributed by atoms with Crippen molar-refractivity contribution in [3.8, 4) is 0 Å². The van der Waals surface area contributed by atoms with Crippen LogP contribution < -0.4 is 11.5 Å². The Balaban J connectivity index is 3.19. The van der Waals surface area contributed by atoms with E-state index in [4.69, 9.17) is 11.5 Å². The first-order valence-electron chi connectivity index (χ1n) is 5.78. The van der Waals surface area contributed by atoms with Gasteiger partial charge < -0.3 is 11.5 Å². The topological polar surface area (TPSA) is 52.0 Å². The van der Waals surface area contributed by atoms with Crippen molar-refractivity contribution in [2.75, 3.05) is 11.5 Å². The summed E-state index contributed by atoms with van der Waals surface area (Å²) in [5.41, 5.74) is 17.4. The molecule has 0 unspecified atom stereocenters. The van der Waals surface area contributed by atoms with Crippen LogP contribution in [0.1, 0.15) is 43.4 Å². The molecule has 1 aromatic rings. The fourth-order valence-electron chi connectivity index (χ4n) is 1.94. The van der Waals surface area contributed by atoms with Crippen LogP contribution in [-0.4, -0.2) is 0 Å². The van der Waals surface area contributed by atoms with Gasteiger partial charge in [0, 0.05) is 11.4 Å². The predicted molar refractivity (Wildman–Crippen MR) is 68.0 cm³/mol. The quantitative estimate of drug-likeness (QED) is 0.744. The zero-order valence-corrected chi connectivity index (χ0v) is 10.1. The first kappa shape index (κ1) is 11.9. The third kappa shape index (κ3) is 2.44. The Labute approximate surface area is 92.7 Å². The van der Waals surface area contributed by atoms with Gasteiger partial charge in [0.1, 0.15) is 0 Å². The minimum Gasteiger partial charge on any atom is -0.398 e. The van der Waals surface area contributed by atoms with Gasteiger partial charge >= 0.3 is 0 Å². The Morgan fingerprint density at radius 1 is 0.933 bits per heavy atom. The van der Waals surface area contributed by atoms with E-state index in [-0.39, 0.29) is 0 Å². The summed E-state index contributed by atoms with van der Waals surface area (Å²) in [5, 5.41) is 0. The fraction of sp³-hybridized carbons (Fsp3) is 0.538. The number of hydrogen-bond acceptors (Lipinski definition) is 2. The average molecular weight is 206 g/mol. The molecule has 0 fully saturated rings. The van der Waals surface area contributed by atoms with E-state index in [2.05, 4.69) is 19.9 Å². The molecule has 0 aliphatic heterocycles. The van der Waals surface area contributed by atoms with Gasteiger partial charge in [-0.25, -0.2) is 0 Å². The van der Waals surface area contributed by atoms with Gasteiger partial charge in [-0.2, -0.15) is 0 Å². The molecule has 0 aliphatic rings. The van der Waals surface area contributed by atoms with Gasteiger partial charge in [0.05, 0.1) is 0 Å². The maximum Gasteiger partial charge on any atom is 0.0397 e. The van der Waals surface area contributed by atoms with E-state index in [0.29, 0.717) is 0 Å². The van der Waals surface area contributed by atoms with Gasteiger partial charge in [0.25, 0.3) is 0 Å². The highest BCUT2D eigenvalue weighted by molar-refractivity contribution is 5.68. The molecule has 0 saturated heterocycles. The molecule has 0 spiro atoms. The summed E-state index contributed by atoms with van der Waals surface area (Å²) in [4.78, 5) is 0. The van der Waals surface area contributed by atoms with Crippen molar-refractivity contribution in [2.45, 2.75) is 46.5 Å². The van der Waals surface area contributed by atoms with Gasteiger partial charge in [0.15, 0.2) is 0 Å². The first-order valence-corrected chi connectivity index (χ1v) is 5.78. The van der Waals surface area contributed by atoms with Crippen LogP contribution in [-0.2, 0) is 12.8 Å². The average Bonchev–Trinajstić information content (AvgIpc) is 2.22. The Hall–Kier alpha value is -1.18. The lowest BCUT2D eigenvalue weighted by molar-refractivity contribution is 0.897. The molecule has 15 heavy (non-hydrogen) atoms. The minimum absolute atomic E-state index is 0.884. The van der Waals surface area contributed by atoms with E-state index < -0.39 is 0 Å². The summed E-state index contributed by atoms with van der Waals surface area (Å²) in [6.07, 6.45) is 4.34. The number of anilines is 2. The van der Waals surface area contributed by atoms with E-state index >= 15 is 0 Å². The van der Waals surface area contributed by atoms with Gasteiger partial charge in [0.2, 0.25) is 0 Å². The molecule has 1 rings (SSSR count). The summed E-state index contributed by atoms with van der Waals surface area (Å²) >= 11 is 0. The Morgan fingerprint density at radius 3 is 1.67 bits per heavy atom. The van der Waals surface area contributed by atoms with E-state index in [9.17, 15) is 0 Å². The Bertz CT molecular complexity index is 313. The molecular formula is C13H22N2. The van der Waals surface area contributed by atoms with Gasteiger partial charge in [-0.15, -0.1) is 0 Å². The van der Waals surface area contributed by atoms with E-state index in [0.717, 1.165) is 42.6 Å². The molecule has 0 saturated carbocycles. The van der Waals surface area contributed by atoms with Crippen molar-refractivity contribution in [1.29, 1.82) is 0 Å². The Morgan fingerprint density at radius 2 is 1.33 bits per heavy atom. The molecule has 2 heteroatoms. The molecule has 84 valence electrons. The summed E-state index contributed by atoms with van der Waals surface area (Å²) in [5.74, 6) is 0. The Kier molecular flexibility index (Phi) is 4.01. The summed E-state index contributed by atoms with van der Waals surface area (Å²) in [6, 6.07) is 2.19. The molecule has 0 bridgehead atoms. The van der Waals surface area contributed by atoms with Crippen molar-refractivity contribution in [2.24, 2.45) is 0 Å². The smallest absolute Gasteiger partial charge is 0.0397 e. The lowest BCUT2D eigenvalue weighted by Crippen LogP contribution is -2.05. The molecule has 1 aromatic carbocycles. The monoisotopic (exact) mass is 206 g/mol. The van der Waals surface area contributed by atoms with E-state index in [1.165, 1.54) is 11.1 Å². The van der Waals surface area contributed by atoms with Crippen LogP contribution in [0.15, 0.2) is 6.07 Å². The van der Waals surface area contributed by atoms with Gasteiger partial charge in [-0.3, -0.25) is 0 Å². The maximum absolute atomic E-state index is 6.05. The number of benzene rings is 1. The number of hydrogen-bond donors (Lipinski definition) is 2. The largest absolute Gasteiger partial charge is 0.398 e. The SMILES string of the molecule is CCCc1cc(CCC)c(N)c(C)c1N. The van der Waals surface area contributed by atoms with Crippen molar-refractivity contribution < 1.29 is 0 Å². The summed E-state index contributed by atoms with van der Waals surface area (Å²) in [6.45, 7) is 6.36. The van der Waals surface area contributed by atoms with Gasteiger partial charge in [-0.05, 0) is 36.5 Å². The van der Waals surface area contributed by atoms with Crippen LogP contribution >= 0.6 is 0 Å². The normalized spacial score (nSPS) is 10.6. The molecule has 0 amide bonds. The number of nitrogens with two attached hydrogens (primary N) is 2. The third-order valence-electron chi connectivity index (χ3n) is 2.89. The van der Waals surface area contributed by atoms with Crippen LogP contribution in [0.2, 0.25) is 0 Å². The number of aryl methyl sites for hydroxylation is 2. The molecule has 0 aliphatic carbocycles. The van der Waals surface area contributed by atoms with Crippen LogP contribution in [0.3, 0.4) is 0 Å². The lowest BCUT2D eigenvalue weighted by atomic mass is 9.96. The second kappa shape index (κ2) is 5.06. The van der Waals surface area contributed by atoms with E-state index in [1.54, 1.807) is 0 Å². The molecule has 0 aromatic heterocycles. The third-order valence-corrected chi connectivity index (χ3v) is 2.89. The molecule has 0 atom stereocenters. The highest BCUT2D eigenvalue weighted by atomic mass is 14.6. The fourth-order valence-corrected chi connectivity index (χ4v) is 1.94. The zero-order valence-electron chi connectivity index (χ0n) is 10.1. The molecular weight excluding hydrogens is 184 g/mol. The molecule has 2 nitrogen and oxygen atoms in total. The standard InChI is InChI=1S/C13H22N2/c1-4-6-10-8-11(7-5-2)13(15)9(3)12(10)14/h8H,4-7,14-15H2,1-3H3. The second-order valence-corrected chi connectivity index (χ2v) is 4.15. The first-order chi connectivity index (χ1) is 7.11. The highest BCUT2D eigenvalue weighted by Crippen LogP contribution is 2.28. The molecule has 0 radical (unpaired) electrons. The highest BCUT2D eigenvalue weighted by Gasteiger charge is 2.09. The van der Waals surface area contributed by atoms with Gasteiger partial charge in [-0.1, -0.05) is 32.8 Å². The predicted octanol–water partition coefficient (Wildman–Crippen LogP) is 3.06. The van der Waals surface area contributed by atoms with Crippen LogP contribution in [0.5, 0.6) is 0 Å². The van der Waals surface area contributed by atoms with Crippen LogP contribution in [0.25, 0.3) is 0 Å². The maximum atomic E-state index is 6.05. The van der Waals surface area contributed by atoms with Crippen LogP contribution in [0, 0.1) is 6.92 Å². The van der Waals surface area contributed by atoms with Crippen molar-refractivity contribution >= 4 is 11.4 Å². The summed E-state index contributed by atoms with van der Waals surface area (Å²) < 4.78 is 0. The molecule has 4 N–H and O–H groups in total. The van der Waals surface area contributed by atoms with E-state index in [1.807, 2.05) is 6.92 Å². The van der Waals surface area contributed by atoms with Crippen molar-refractivity contribution in [3.05, 3.63) is 22.8 Å². The summed E-state index contributed by atoms with van der Waals surface area (Å²) in [7, 11) is 0. The second-order valence-electron chi connectivity index (χ2n) is 4.15. The zero-order chi connectivity index (χ0) is 11.4. The molecule has 0 heterocycles. The van der Waals surface area contributed by atoms with Crippen molar-refractivity contribution in [1.82, 2.24) is 0 Å². The lowest BCUT2D eigenvalue weighted by Gasteiger charge is -2.14. The van der Waals surface area contributed by atoms with Crippen molar-refractivity contribution in [3.63, 3.8) is 0 Å². The number of rotatable bonds is 4.